The van der Waals surface area contributed by atoms with Gasteiger partial charge in [-0.05, 0) is 50.1 Å². The highest BCUT2D eigenvalue weighted by atomic mass is 16.5. The fourth-order valence-electron chi connectivity index (χ4n) is 3.49. The Bertz CT molecular complexity index is 881. The summed E-state index contributed by atoms with van der Waals surface area (Å²) >= 11 is 0. The van der Waals surface area contributed by atoms with Gasteiger partial charge in [0.15, 0.2) is 0 Å². The van der Waals surface area contributed by atoms with E-state index in [1.54, 1.807) is 25.0 Å². The van der Waals surface area contributed by atoms with Crippen molar-refractivity contribution in [1.29, 1.82) is 0 Å². The lowest BCUT2D eigenvalue weighted by Crippen LogP contribution is -2.58. The Morgan fingerprint density at radius 2 is 1.96 bits per heavy atom. The summed E-state index contributed by atoms with van der Waals surface area (Å²) in [5.74, 6) is 0.707. The zero-order chi connectivity index (χ0) is 20.3. The minimum atomic E-state index is -0.503. The molecule has 0 aromatic heterocycles. The highest BCUT2D eigenvalue weighted by Crippen LogP contribution is 2.22. The molecule has 1 heterocycles. The monoisotopic (exact) mass is 381 g/mol. The minimum Gasteiger partial charge on any atom is -0.497 e. The molecule has 148 valence electrons. The number of nitrogens with one attached hydrogen (secondary N) is 1. The number of anilines is 1. The van der Waals surface area contributed by atoms with Crippen LogP contribution >= 0.6 is 0 Å². The van der Waals surface area contributed by atoms with E-state index in [-0.39, 0.29) is 11.9 Å². The molecule has 6 nitrogen and oxygen atoms in total. The number of methoxy groups -OCH3 is 1. The molecule has 0 bridgehead atoms. The van der Waals surface area contributed by atoms with Crippen LogP contribution in [-0.2, 0) is 11.3 Å². The fraction of sp³-hybridized carbons (Fsp3) is 0.364. The first-order valence-electron chi connectivity index (χ1n) is 9.45. The van der Waals surface area contributed by atoms with Gasteiger partial charge in [-0.25, -0.2) is 4.79 Å². The van der Waals surface area contributed by atoms with E-state index in [0.29, 0.717) is 25.3 Å². The first kappa shape index (κ1) is 19.7. The Labute approximate surface area is 166 Å². The number of piperazine rings is 1. The second-order valence-corrected chi connectivity index (χ2v) is 7.23. The zero-order valence-electron chi connectivity index (χ0n) is 16.9. The molecule has 3 rings (SSSR count). The molecule has 0 spiro atoms. The Balaban J connectivity index is 1.65. The Hall–Kier alpha value is -3.02. The molecule has 1 unspecified atom stereocenters. The number of hydrogen-bond acceptors (Lipinski definition) is 3. The number of carbonyl (C=O) groups excluding carboxylic acids is 2. The summed E-state index contributed by atoms with van der Waals surface area (Å²) in [4.78, 5) is 29.0. The summed E-state index contributed by atoms with van der Waals surface area (Å²) in [5.41, 5.74) is 3.90. The largest absolute Gasteiger partial charge is 0.497 e. The van der Waals surface area contributed by atoms with E-state index >= 15 is 0 Å². The van der Waals surface area contributed by atoms with E-state index in [2.05, 4.69) is 11.4 Å². The number of ether oxygens (including phenoxy) is 1. The predicted octanol–water partition coefficient (Wildman–Crippen LogP) is 3.58. The van der Waals surface area contributed by atoms with Crippen LogP contribution in [-0.4, -0.2) is 48.0 Å². The lowest BCUT2D eigenvalue weighted by atomic mass is 10.1. The Morgan fingerprint density at radius 3 is 2.64 bits per heavy atom. The quantitative estimate of drug-likeness (QED) is 0.881. The van der Waals surface area contributed by atoms with Crippen molar-refractivity contribution in [3.63, 3.8) is 0 Å². The number of amides is 3. The number of nitrogens with zero attached hydrogens (tertiary/aromatic N) is 2. The van der Waals surface area contributed by atoms with Gasteiger partial charge in [0.05, 0.1) is 7.11 Å². The van der Waals surface area contributed by atoms with Crippen molar-refractivity contribution in [3.8, 4) is 5.75 Å². The average molecular weight is 381 g/mol. The maximum Gasteiger partial charge on any atom is 0.322 e. The SMILES string of the molecule is COc1ccc(NC(=O)N2CCN(Cc3cccc(C)c3)C(=O)C2C)c(C)c1. The van der Waals surface area contributed by atoms with Crippen molar-refractivity contribution in [2.75, 3.05) is 25.5 Å². The molecule has 6 heteroatoms. The van der Waals surface area contributed by atoms with Crippen molar-refractivity contribution < 1.29 is 14.3 Å². The van der Waals surface area contributed by atoms with Crippen molar-refractivity contribution in [2.24, 2.45) is 0 Å². The number of hydrogen-bond donors (Lipinski definition) is 1. The molecular weight excluding hydrogens is 354 g/mol. The normalized spacial score (nSPS) is 16.9. The van der Waals surface area contributed by atoms with Crippen molar-refractivity contribution in [2.45, 2.75) is 33.4 Å². The molecule has 1 atom stereocenters. The molecule has 2 aromatic rings. The van der Waals surface area contributed by atoms with E-state index in [1.807, 2.05) is 49.1 Å². The van der Waals surface area contributed by atoms with Crippen LogP contribution < -0.4 is 10.1 Å². The number of rotatable bonds is 4. The highest BCUT2D eigenvalue weighted by molar-refractivity contribution is 5.95. The average Bonchev–Trinajstić information content (AvgIpc) is 2.67. The topological polar surface area (TPSA) is 61.9 Å². The van der Waals surface area contributed by atoms with E-state index in [0.717, 1.165) is 16.9 Å². The third-order valence-corrected chi connectivity index (χ3v) is 5.14. The van der Waals surface area contributed by atoms with E-state index in [1.165, 1.54) is 5.56 Å². The summed E-state index contributed by atoms with van der Waals surface area (Å²) in [6.07, 6.45) is 0. The molecule has 1 fully saturated rings. The third kappa shape index (κ3) is 4.27. The van der Waals surface area contributed by atoms with Crippen LogP contribution in [0.15, 0.2) is 42.5 Å². The van der Waals surface area contributed by atoms with E-state index in [9.17, 15) is 9.59 Å². The molecule has 1 aliphatic heterocycles. The van der Waals surface area contributed by atoms with Gasteiger partial charge in [0.25, 0.3) is 0 Å². The molecule has 0 aliphatic carbocycles. The van der Waals surface area contributed by atoms with Gasteiger partial charge in [-0.1, -0.05) is 29.8 Å². The standard InChI is InChI=1S/C22H27N3O3/c1-15-6-5-7-18(12-15)14-24-10-11-25(17(3)21(24)26)22(27)23-20-9-8-19(28-4)13-16(20)2/h5-9,12-13,17H,10-11,14H2,1-4H3,(H,23,27). The summed E-state index contributed by atoms with van der Waals surface area (Å²) < 4.78 is 5.20. The molecule has 1 aliphatic rings. The lowest BCUT2D eigenvalue weighted by Gasteiger charge is -2.39. The smallest absolute Gasteiger partial charge is 0.322 e. The van der Waals surface area contributed by atoms with E-state index < -0.39 is 6.04 Å². The first-order valence-corrected chi connectivity index (χ1v) is 9.45. The number of benzene rings is 2. The van der Waals surface area contributed by atoms with Crippen LogP contribution in [0.3, 0.4) is 0 Å². The van der Waals surface area contributed by atoms with Crippen LogP contribution in [0.5, 0.6) is 5.75 Å². The molecule has 2 aromatic carbocycles. The molecule has 3 amide bonds. The molecule has 28 heavy (non-hydrogen) atoms. The molecular formula is C22H27N3O3. The maximum absolute atomic E-state index is 12.8. The van der Waals surface area contributed by atoms with Crippen molar-refractivity contribution >= 4 is 17.6 Å². The van der Waals surface area contributed by atoms with E-state index in [4.69, 9.17) is 4.74 Å². The fourth-order valence-corrected chi connectivity index (χ4v) is 3.49. The van der Waals surface area contributed by atoms with Gasteiger partial charge in [0.1, 0.15) is 11.8 Å². The van der Waals surface area contributed by atoms with Gasteiger partial charge in [0, 0.05) is 25.3 Å². The second kappa shape index (κ2) is 8.33. The molecule has 0 saturated carbocycles. The lowest BCUT2D eigenvalue weighted by molar-refractivity contribution is -0.139. The molecule has 1 saturated heterocycles. The van der Waals surface area contributed by atoms with Crippen molar-refractivity contribution in [1.82, 2.24) is 9.80 Å². The van der Waals surface area contributed by atoms with Gasteiger partial charge in [-0.3, -0.25) is 4.79 Å². The maximum atomic E-state index is 12.8. The van der Waals surface area contributed by atoms with Gasteiger partial charge >= 0.3 is 6.03 Å². The summed E-state index contributed by atoms with van der Waals surface area (Å²) in [7, 11) is 1.61. The van der Waals surface area contributed by atoms with Crippen molar-refractivity contribution in [3.05, 3.63) is 59.2 Å². The number of aryl methyl sites for hydroxylation is 2. The predicted molar refractivity (Wildman–Crippen MR) is 110 cm³/mol. The van der Waals surface area contributed by atoms with Crippen LogP contribution in [0.2, 0.25) is 0 Å². The number of urea groups is 1. The van der Waals surface area contributed by atoms with Crippen LogP contribution in [0, 0.1) is 13.8 Å². The summed E-state index contributed by atoms with van der Waals surface area (Å²) in [5, 5.41) is 2.91. The van der Waals surface area contributed by atoms with Gasteiger partial charge in [-0.2, -0.15) is 0 Å². The number of carbonyl (C=O) groups is 2. The van der Waals surface area contributed by atoms with Crippen LogP contribution in [0.1, 0.15) is 23.6 Å². The first-order chi connectivity index (χ1) is 13.4. The molecule has 0 radical (unpaired) electrons. The van der Waals surface area contributed by atoms with Gasteiger partial charge < -0.3 is 19.9 Å². The third-order valence-electron chi connectivity index (χ3n) is 5.14. The van der Waals surface area contributed by atoms with Gasteiger partial charge in [0.2, 0.25) is 5.91 Å². The summed E-state index contributed by atoms with van der Waals surface area (Å²) in [6, 6.07) is 12.9. The molecule has 1 N–H and O–H groups in total. The zero-order valence-corrected chi connectivity index (χ0v) is 16.9. The Morgan fingerprint density at radius 1 is 1.18 bits per heavy atom. The van der Waals surface area contributed by atoms with Crippen LogP contribution in [0.25, 0.3) is 0 Å². The minimum absolute atomic E-state index is 0.0330. The van der Waals surface area contributed by atoms with Gasteiger partial charge in [-0.15, -0.1) is 0 Å². The Kier molecular flexibility index (Phi) is 5.87. The second-order valence-electron chi connectivity index (χ2n) is 7.23. The van der Waals surface area contributed by atoms with Crippen LogP contribution in [0.4, 0.5) is 10.5 Å². The summed E-state index contributed by atoms with van der Waals surface area (Å²) in [6.45, 7) is 7.32. The highest BCUT2D eigenvalue weighted by Gasteiger charge is 2.34.